The van der Waals surface area contributed by atoms with Crippen molar-refractivity contribution >= 4 is 35.5 Å². The van der Waals surface area contributed by atoms with Gasteiger partial charge in [-0.1, -0.05) is 80.3 Å². The molecule has 0 bridgehead atoms. The molecule has 0 radical (unpaired) electrons. The van der Waals surface area contributed by atoms with E-state index < -0.39 is 0 Å². The fourth-order valence-electron chi connectivity index (χ4n) is 7.58. The van der Waals surface area contributed by atoms with Crippen LogP contribution in [0.15, 0.2) is 70.7 Å². The first-order valence-electron chi connectivity index (χ1n) is 13.2. The van der Waals surface area contributed by atoms with Crippen LogP contribution in [-0.4, -0.2) is 14.1 Å². The van der Waals surface area contributed by atoms with Crippen LogP contribution in [0.3, 0.4) is 0 Å². The Morgan fingerprint density at radius 1 is 1.24 bits per heavy atom. The predicted molar refractivity (Wildman–Crippen MR) is 166 cm³/mol. The number of benzene rings is 1. The number of allylic oxidation sites excluding steroid dienone is 8. The van der Waals surface area contributed by atoms with Crippen LogP contribution in [0.2, 0.25) is 5.02 Å². The summed E-state index contributed by atoms with van der Waals surface area (Å²) in [6, 6.07) is 2.11. The molecule has 37 heavy (non-hydrogen) atoms. The average Bonchev–Trinajstić information content (AvgIpc) is 2.80. The lowest BCUT2D eigenvalue weighted by atomic mass is 9.48. The summed E-state index contributed by atoms with van der Waals surface area (Å²) < 4.78 is 0. The van der Waals surface area contributed by atoms with E-state index in [1.54, 1.807) is 0 Å². The van der Waals surface area contributed by atoms with Gasteiger partial charge in [0.2, 0.25) is 0 Å². The Morgan fingerprint density at radius 3 is 2.43 bits per heavy atom. The number of fused-ring (bicyclic) bond motifs is 3. The summed E-state index contributed by atoms with van der Waals surface area (Å²) in [6.45, 7) is 29.0. The molecule has 1 aromatic rings. The van der Waals surface area contributed by atoms with Gasteiger partial charge in [-0.05, 0) is 91.7 Å². The second kappa shape index (κ2) is 9.76. The third-order valence-electron chi connectivity index (χ3n) is 9.35. The van der Waals surface area contributed by atoms with Gasteiger partial charge >= 0.3 is 0 Å². The number of thiol groups is 1. The fourth-order valence-corrected chi connectivity index (χ4v) is 7.97. The molecule has 0 aliphatic heterocycles. The van der Waals surface area contributed by atoms with Crippen LogP contribution < -0.4 is 4.90 Å². The van der Waals surface area contributed by atoms with Gasteiger partial charge in [-0.25, -0.2) is 0 Å². The highest BCUT2D eigenvalue weighted by Gasteiger charge is 2.53. The molecule has 0 aromatic heterocycles. The Balaban J connectivity index is 1.98. The van der Waals surface area contributed by atoms with Gasteiger partial charge in [0.05, 0.1) is 5.02 Å². The van der Waals surface area contributed by atoms with Gasteiger partial charge in [0, 0.05) is 41.2 Å². The zero-order chi connectivity index (χ0) is 27.6. The third-order valence-corrected chi connectivity index (χ3v) is 9.86. The van der Waals surface area contributed by atoms with Crippen molar-refractivity contribution in [3.8, 4) is 11.8 Å². The lowest BCUT2D eigenvalue weighted by Crippen LogP contribution is -2.46. The van der Waals surface area contributed by atoms with Crippen molar-refractivity contribution in [2.75, 3.05) is 19.0 Å². The SMILES string of the molecule is C=C(S)C#Cc1cc(N(C)C)c2c(c1Cl)C(=C)C1=C(C)[C@]3(C)C(=C)C(C(=C)C)=C(C)[C@@H](CC)[C@@H]3C[C@@H]1C2. The van der Waals surface area contributed by atoms with Crippen molar-refractivity contribution < 1.29 is 0 Å². The first-order valence-corrected chi connectivity index (χ1v) is 14.0. The molecule has 3 aliphatic carbocycles. The molecule has 0 unspecified atom stereocenters. The summed E-state index contributed by atoms with van der Waals surface area (Å²) in [7, 11) is 4.17. The monoisotopic (exact) mass is 529 g/mol. The summed E-state index contributed by atoms with van der Waals surface area (Å²) in [5, 5.41) is 0.672. The summed E-state index contributed by atoms with van der Waals surface area (Å²) >= 11 is 11.4. The standard InChI is InChI=1S/C34H40ClNS/c1-12-26-20(5)30(18(2)3)22(7)34(9)23(8)31-21(6)32-27(15-25(31)16-28(26)34)29(36(10)11)17-24(33(32)35)14-13-19(4)37/h17,25-26,28,37H,2,4,6-7,12,15-16H2,1,3,5,8-11H3/t25-,26+,28-,34-/m0/s1. The number of hydrogen-bond acceptors (Lipinski definition) is 2. The van der Waals surface area contributed by atoms with E-state index in [9.17, 15) is 0 Å². The summed E-state index contributed by atoms with van der Waals surface area (Å²) in [5.41, 5.74) is 13.0. The summed E-state index contributed by atoms with van der Waals surface area (Å²) in [4.78, 5) is 2.68. The molecule has 3 aliphatic rings. The zero-order valence-corrected chi connectivity index (χ0v) is 25.2. The number of anilines is 1. The number of halogens is 1. The van der Waals surface area contributed by atoms with Crippen molar-refractivity contribution in [3.63, 3.8) is 0 Å². The number of nitrogens with zero attached hydrogens (tertiary/aromatic N) is 1. The first-order chi connectivity index (χ1) is 17.3. The maximum absolute atomic E-state index is 7.10. The largest absolute Gasteiger partial charge is 0.377 e. The van der Waals surface area contributed by atoms with Gasteiger partial charge in [-0.3, -0.25) is 0 Å². The van der Waals surface area contributed by atoms with Gasteiger partial charge in [-0.2, -0.15) is 0 Å². The minimum absolute atomic E-state index is 0.140. The topological polar surface area (TPSA) is 3.24 Å². The van der Waals surface area contributed by atoms with Crippen LogP contribution in [0.5, 0.6) is 0 Å². The molecular weight excluding hydrogens is 490 g/mol. The molecule has 4 atom stereocenters. The average molecular weight is 530 g/mol. The van der Waals surface area contributed by atoms with E-state index in [2.05, 4.69) is 104 Å². The Bertz CT molecular complexity index is 1390. The Hall–Kier alpha value is -2.34. The van der Waals surface area contributed by atoms with Crippen LogP contribution in [-0.2, 0) is 6.42 Å². The van der Waals surface area contributed by atoms with E-state index in [0.29, 0.717) is 27.7 Å². The first kappa shape index (κ1) is 27.7. The second-order valence-electron chi connectivity index (χ2n) is 11.5. The molecule has 0 saturated heterocycles. The molecule has 0 N–H and O–H groups in total. The van der Waals surface area contributed by atoms with Crippen LogP contribution in [0, 0.1) is 35.0 Å². The van der Waals surface area contributed by atoms with E-state index >= 15 is 0 Å². The molecule has 0 fully saturated rings. The quantitative estimate of drug-likeness (QED) is 0.301. The highest BCUT2D eigenvalue weighted by atomic mass is 35.5. The molecule has 1 aromatic carbocycles. The van der Waals surface area contributed by atoms with Gasteiger partial charge in [0.15, 0.2) is 0 Å². The Labute approximate surface area is 235 Å². The Kier molecular flexibility index (Phi) is 7.30. The van der Waals surface area contributed by atoms with Crippen LogP contribution in [0.1, 0.15) is 64.2 Å². The van der Waals surface area contributed by atoms with Gasteiger partial charge in [0.1, 0.15) is 0 Å². The molecule has 0 heterocycles. The number of rotatable bonds is 3. The zero-order valence-electron chi connectivity index (χ0n) is 23.5. The third kappa shape index (κ3) is 4.10. The molecule has 3 heteroatoms. The molecule has 0 saturated carbocycles. The van der Waals surface area contributed by atoms with Crippen molar-refractivity contribution in [2.45, 2.75) is 53.9 Å². The molecule has 4 rings (SSSR count). The van der Waals surface area contributed by atoms with E-state index in [1.165, 1.54) is 33.4 Å². The van der Waals surface area contributed by atoms with E-state index in [4.69, 9.17) is 18.2 Å². The lowest BCUT2D eigenvalue weighted by molar-refractivity contribution is 0.148. The minimum atomic E-state index is -0.140. The van der Waals surface area contributed by atoms with Crippen LogP contribution in [0.4, 0.5) is 5.69 Å². The molecular formula is C34H40ClNS. The molecule has 0 amide bonds. The number of hydrogen-bond donors (Lipinski definition) is 1. The predicted octanol–water partition coefficient (Wildman–Crippen LogP) is 9.22. The summed E-state index contributed by atoms with van der Waals surface area (Å²) in [6.07, 6.45) is 3.19. The van der Waals surface area contributed by atoms with Crippen LogP contribution >= 0.6 is 24.2 Å². The van der Waals surface area contributed by atoms with Gasteiger partial charge < -0.3 is 4.90 Å². The van der Waals surface area contributed by atoms with E-state index in [-0.39, 0.29) is 5.41 Å². The maximum Gasteiger partial charge on any atom is 0.0645 e. The van der Waals surface area contributed by atoms with Crippen molar-refractivity contribution in [3.05, 3.63) is 92.4 Å². The normalized spacial score (nSPS) is 26.7. The lowest BCUT2D eigenvalue weighted by Gasteiger charge is -2.56. The minimum Gasteiger partial charge on any atom is -0.377 e. The highest BCUT2D eigenvalue weighted by molar-refractivity contribution is 7.84. The van der Waals surface area contributed by atoms with E-state index in [0.717, 1.165) is 47.2 Å². The molecule has 0 spiro atoms. The van der Waals surface area contributed by atoms with Crippen molar-refractivity contribution in [2.24, 2.45) is 23.2 Å². The van der Waals surface area contributed by atoms with Crippen LogP contribution in [0.25, 0.3) is 5.57 Å². The Morgan fingerprint density at radius 2 is 1.89 bits per heavy atom. The van der Waals surface area contributed by atoms with Crippen molar-refractivity contribution in [1.29, 1.82) is 0 Å². The molecule has 194 valence electrons. The molecule has 1 nitrogen and oxygen atoms in total. The second-order valence-corrected chi connectivity index (χ2v) is 12.4. The summed E-state index contributed by atoms with van der Waals surface area (Å²) in [5.74, 6) is 7.59. The van der Waals surface area contributed by atoms with Gasteiger partial charge in [0.25, 0.3) is 0 Å². The highest BCUT2D eigenvalue weighted by Crippen LogP contribution is 2.64. The fraction of sp³-hybridized carbons (Fsp3) is 0.412. The maximum atomic E-state index is 7.10. The van der Waals surface area contributed by atoms with Crippen molar-refractivity contribution in [1.82, 2.24) is 0 Å². The van der Waals surface area contributed by atoms with Gasteiger partial charge in [-0.15, -0.1) is 12.6 Å². The van der Waals surface area contributed by atoms with E-state index in [1.807, 2.05) is 0 Å². The smallest absolute Gasteiger partial charge is 0.0645 e.